The van der Waals surface area contributed by atoms with E-state index in [0.717, 1.165) is 22.6 Å². The van der Waals surface area contributed by atoms with Crippen molar-refractivity contribution in [2.45, 2.75) is 27.2 Å². The second-order valence-corrected chi connectivity index (χ2v) is 9.20. The van der Waals surface area contributed by atoms with E-state index in [2.05, 4.69) is 10.4 Å². The minimum atomic E-state index is -0.609. The summed E-state index contributed by atoms with van der Waals surface area (Å²) in [7, 11) is 3.10. The molecule has 3 aromatic heterocycles. The molecule has 0 unspecified atom stereocenters. The average molecular weight is 507 g/mol. The third-order valence-corrected chi connectivity index (χ3v) is 7.05. The predicted octanol–water partition coefficient (Wildman–Crippen LogP) is 4.92. The molecular formula is C26H26N4O5S. The maximum Gasteiger partial charge on any atom is 0.348 e. The first-order valence-corrected chi connectivity index (χ1v) is 12.2. The van der Waals surface area contributed by atoms with Gasteiger partial charge in [-0.2, -0.15) is 5.10 Å². The van der Waals surface area contributed by atoms with E-state index in [4.69, 9.17) is 14.5 Å². The molecule has 4 rings (SSSR count). The molecule has 9 nitrogen and oxygen atoms in total. The van der Waals surface area contributed by atoms with Crippen LogP contribution in [0.3, 0.4) is 0 Å². The minimum absolute atomic E-state index is 0.142. The average Bonchev–Trinajstić information content (AvgIpc) is 3.39. The van der Waals surface area contributed by atoms with Crippen molar-refractivity contribution in [3.8, 4) is 11.3 Å². The van der Waals surface area contributed by atoms with Crippen LogP contribution in [0.2, 0.25) is 0 Å². The molecule has 4 aromatic rings. The molecule has 186 valence electrons. The number of rotatable bonds is 7. The summed E-state index contributed by atoms with van der Waals surface area (Å²) in [4.78, 5) is 43.7. The Hall–Kier alpha value is -4.05. The van der Waals surface area contributed by atoms with Crippen molar-refractivity contribution >= 4 is 45.1 Å². The lowest BCUT2D eigenvalue weighted by atomic mass is 10.0. The Labute approximate surface area is 212 Å². The standard InChI is InChI=1S/C26H26N4O5S/c1-6-11-35-25(32)21-14(2)22(26(33)34-5)36-24(21)29-23(31)17-12-20(18-13-27-30(4)15(18)3)28-19-10-8-7-9-16(17)19/h7-10,12-13H,6,11H2,1-5H3,(H,29,31). The fourth-order valence-electron chi connectivity index (χ4n) is 3.82. The number of nitrogens with zero attached hydrogens (tertiary/aromatic N) is 3. The van der Waals surface area contributed by atoms with E-state index in [1.807, 2.05) is 45.2 Å². The van der Waals surface area contributed by atoms with E-state index in [9.17, 15) is 14.4 Å². The number of carbonyl (C=O) groups is 3. The van der Waals surface area contributed by atoms with Gasteiger partial charge in [0, 0.05) is 23.7 Å². The van der Waals surface area contributed by atoms with Crippen LogP contribution in [0.1, 0.15) is 55.0 Å². The number of methoxy groups -OCH3 is 1. The molecule has 10 heteroatoms. The van der Waals surface area contributed by atoms with E-state index in [0.29, 0.717) is 34.1 Å². The molecule has 0 aliphatic carbocycles. The summed E-state index contributed by atoms with van der Waals surface area (Å²) < 4.78 is 11.9. The molecular weight excluding hydrogens is 480 g/mol. The second-order valence-electron chi connectivity index (χ2n) is 8.18. The smallest absolute Gasteiger partial charge is 0.348 e. The number of fused-ring (bicyclic) bond motifs is 1. The number of pyridine rings is 1. The molecule has 0 fully saturated rings. The number of esters is 2. The number of nitrogens with one attached hydrogen (secondary N) is 1. The number of benzene rings is 1. The predicted molar refractivity (Wildman–Crippen MR) is 138 cm³/mol. The molecule has 1 N–H and O–H groups in total. The lowest BCUT2D eigenvalue weighted by Crippen LogP contribution is -2.16. The Balaban J connectivity index is 1.81. The lowest BCUT2D eigenvalue weighted by molar-refractivity contribution is 0.0506. The zero-order valence-electron chi connectivity index (χ0n) is 20.7. The third-order valence-electron chi connectivity index (χ3n) is 5.86. The highest BCUT2D eigenvalue weighted by Gasteiger charge is 2.28. The van der Waals surface area contributed by atoms with Gasteiger partial charge in [-0.05, 0) is 38.0 Å². The summed E-state index contributed by atoms with van der Waals surface area (Å²) in [6.45, 7) is 5.66. The molecule has 0 saturated carbocycles. The Bertz CT molecular complexity index is 1490. The van der Waals surface area contributed by atoms with Crippen LogP contribution in [-0.4, -0.2) is 46.3 Å². The summed E-state index contributed by atoms with van der Waals surface area (Å²) in [6, 6.07) is 9.03. The summed E-state index contributed by atoms with van der Waals surface area (Å²) in [5.41, 5.74) is 3.87. The molecule has 1 amide bonds. The van der Waals surface area contributed by atoms with Crippen LogP contribution in [0.5, 0.6) is 0 Å². The van der Waals surface area contributed by atoms with Gasteiger partial charge in [0.2, 0.25) is 0 Å². The molecule has 0 aliphatic heterocycles. The van der Waals surface area contributed by atoms with Crippen LogP contribution < -0.4 is 5.32 Å². The molecule has 0 bridgehead atoms. The van der Waals surface area contributed by atoms with Gasteiger partial charge in [0.1, 0.15) is 9.88 Å². The quantitative estimate of drug-likeness (QED) is 0.354. The van der Waals surface area contributed by atoms with Gasteiger partial charge >= 0.3 is 11.9 Å². The highest BCUT2D eigenvalue weighted by molar-refractivity contribution is 7.18. The number of carbonyl (C=O) groups excluding carboxylic acids is 3. The lowest BCUT2D eigenvalue weighted by Gasteiger charge is -2.11. The van der Waals surface area contributed by atoms with Crippen molar-refractivity contribution in [2.24, 2.45) is 7.05 Å². The Kier molecular flexibility index (Phi) is 7.16. The van der Waals surface area contributed by atoms with E-state index >= 15 is 0 Å². The van der Waals surface area contributed by atoms with Crippen molar-refractivity contribution in [3.63, 3.8) is 0 Å². The molecule has 0 atom stereocenters. The van der Waals surface area contributed by atoms with Gasteiger partial charge < -0.3 is 14.8 Å². The summed E-state index contributed by atoms with van der Waals surface area (Å²) in [5.74, 6) is -1.65. The Morgan fingerprint density at radius 2 is 1.89 bits per heavy atom. The van der Waals surface area contributed by atoms with E-state index in [1.54, 1.807) is 23.9 Å². The minimum Gasteiger partial charge on any atom is -0.465 e. The van der Waals surface area contributed by atoms with Crippen LogP contribution in [0.4, 0.5) is 5.00 Å². The summed E-state index contributed by atoms with van der Waals surface area (Å²) in [6.07, 6.45) is 2.35. The summed E-state index contributed by atoms with van der Waals surface area (Å²) in [5, 5.41) is 8.00. The largest absolute Gasteiger partial charge is 0.465 e. The van der Waals surface area contributed by atoms with Crippen molar-refractivity contribution in [1.29, 1.82) is 0 Å². The number of aromatic nitrogens is 3. The number of para-hydroxylation sites is 1. The van der Waals surface area contributed by atoms with Crippen LogP contribution in [-0.2, 0) is 16.5 Å². The first-order chi connectivity index (χ1) is 17.3. The normalized spacial score (nSPS) is 10.9. The number of ether oxygens (including phenoxy) is 2. The molecule has 0 radical (unpaired) electrons. The number of thiophene rings is 1. The van der Waals surface area contributed by atoms with Crippen molar-refractivity contribution in [2.75, 3.05) is 19.0 Å². The fourth-order valence-corrected chi connectivity index (χ4v) is 4.93. The highest BCUT2D eigenvalue weighted by Crippen LogP contribution is 2.35. The molecule has 36 heavy (non-hydrogen) atoms. The van der Waals surface area contributed by atoms with Crippen molar-refractivity contribution in [3.05, 3.63) is 63.8 Å². The van der Waals surface area contributed by atoms with E-state index in [-0.39, 0.29) is 22.0 Å². The van der Waals surface area contributed by atoms with Gasteiger partial charge in [0.05, 0.1) is 42.3 Å². The monoisotopic (exact) mass is 506 g/mol. The second kappa shape index (κ2) is 10.3. The fraction of sp³-hybridized carbons (Fsp3) is 0.269. The Morgan fingerprint density at radius 3 is 2.56 bits per heavy atom. The van der Waals surface area contributed by atoms with Gasteiger partial charge in [-0.15, -0.1) is 11.3 Å². The van der Waals surface area contributed by atoms with E-state index < -0.39 is 17.8 Å². The molecule has 0 spiro atoms. The van der Waals surface area contributed by atoms with E-state index in [1.165, 1.54) is 7.11 Å². The number of amides is 1. The van der Waals surface area contributed by atoms with Gasteiger partial charge in [-0.25, -0.2) is 14.6 Å². The van der Waals surface area contributed by atoms with Crippen LogP contribution in [0.15, 0.2) is 36.5 Å². The highest BCUT2D eigenvalue weighted by atomic mass is 32.1. The zero-order chi connectivity index (χ0) is 26.0. The number of hydrogen-bond acceptors (Lipinski definition) is 8. The first-order valence-electron chi connectivity index (χ1n) is 11.4. The van der Waals surface area contributed by atoms with Gasteiger partial charge in [0.25, 0.3) is 5.91 Å². The zero-order valence-corrected chi connectivity index (χ0v) is 21.5. The van der Waals surface area contributed by atoms with Crippen molar-refractivity contribution in [1.82, 2.24) is 14.8 Å². The van der Waals surface area contributed by atoms with Crippen LogP contribution in [0.25, 0.3) is 22.2 Å². The van der Waals surface area contributed by atoms with Gasteiger partial charge in [0.15, 0.2) is 0 Å². The van der Waals surface area contributed by atoms with Crippen LogP contribution >= 0.6 is 11.3 Å². The van der Waals surface area contributed by atoms with Gasteiger partial charge in [-0.1, -0.05) is 25.1 Å². The summed E-state index contributed by atoms with van der Waals surface area (Å²) >= 11 is 0.979. The molecule has 0 aliphatic rings. The molecule has 3 heterocycles. The SMILES string of the molecule is CCCOC(=O)c1c(NC(=O)c2cc(-c3cnn(C)c3C)nc3ccccc23)sc(C(=O)OC)c1C. The number of aryl methyl sites for hydroxylation is 1. The molecule has 1 aromatic carbocycles. The van der Waals surface area contributed by atoms with Crippen LogP contribution in [0, 0.1) is 13.8 Å². The number of hydrogen-bond donors (Lipinski definition) is 1. The van der Waals surface area contributed by atoms with Gasteiger partial charge in [-0.3, -0.25) is 9.48 Å². The first kappa shape index (κ1) is 25.1. The third kappa shape index (κ3) is 4.59. The Morgan fingerprint density at radius 1 is 1.14 bits per heavy atom. The topological polar surface area (TPSA) is 112 Å². The maximum absolute atomic E-state index is 13.6. The molecule has 0 saturated heterocycles. The van der Waals surface area contributed by atoms with Crippen molar-refractivity contribution < 1.29 is 23.9 Å². The number of anilines is 1. The maximum atomic E-state index is 13.6.